The quantitative estimate of drug-likeness (QED) is 0.432. The first-order valence-corrected chi connectivity index (χ1v) is 2.90. The van der Waals surface area contributed by atoms with Crippen LogP contribution in [0.3, 0.4) is 0 Å². The Balaban J connectivity index is 2.35. The van der Waals surface area contributed by atoms with E-state index in [0.717, 1.165) is 12.5 Å². The summed E-state index contributed by atoms with van der Waals surface area (Å²) in [6.45, 7) is 0.886. The summed E-state index contributed by atoms with van der Waals surface area (Å²) in [6.07, 6.45) is 7.74. The summed E-state index contributed by atoms with van der Waals surface area (Å²) >= 11 is 0. The first kappa shape index (κ1) is 4.61. The van der Waals surface area contributed by atoms with Gasteiger partial charge in [0.05, 0.1) is 12.7 Å². The van der Waals surface area contributed by atoms with E-state index in [9.17, 15) is 0 Å². The van der Waals surface area contributed by atoms with Crippen molar-refractivity contribution in [2.45, 2.75) is 0 Å². The Bertz CT molecular complexity index is 212. The molecule has 2 rings (SSSR count). The van der Waals surface area contributed by atoms with Gasteiger partial charge in [-0.15, -0.1) is 0 Å². The molecule has 1 N–H and O–H groups in total. The molecule has 0 saturated heterocycles. The molecule has 0 aromatic carbocycles. The molecule has 0 atom stereocenters. The fraction of sp³-hybridized carbons (Fsp3) is 0.167. The lowest BCUT2D eigenvalue weighted by molar-refractivity contribution is -0.379. The minimum atomic E-state index is 0.886. The Morgan fingerprint density at radius 1 is 1.56 bits per heavy atom. The standard InChI is InChI=1S/C6H6N3/c1-2-7-6-8-3-5-9(6)4-1/h1,3-5H,2H2/p+1. The lowest BCUT2D eigenvalue weighted by Gasteiger charge is -2.00. The summed E-state index contributed by atoms with van der Waals surface area (Å²) in [7, 11) is 0. The fourth-order valence-electron chi connectivity index (χ4n) is 0.887. The molecule has 0 spiro atoms. The second kappa shape index (κ2) is 1.62. The highest BCUT2D eigenvalue weighted by atomic mass is 15.3. The lowest BCUT2D eigenvalue weighted by Crippen LogP contribution is -2.35. The predicted molar refractivity (Wildman–Crippen MR) is 33.7 cm³/mol. The molecule has 3 nitrogen and oxygen atoms in total. The van der Waals surface area contributed by atoms with E-state index in [-0.39, 0.29) is 0 Å². The SMILES string of the molecule is C1=C[N+]2=C([N]C=C2)NC1. The molecule has 0 saturated carbocycles. The van der Waals surface area contributed by atoms with Gasteiger partial charge in [-0.2, -0.15) is 0 Å². The number of hydrogen-bond acceptors (Lipinski definition) is 1. The average Bonchev–Trinajstić information content (AvgIpc) is 2.33. The summed E-state index contributed by atoms with van der Waals surface area (Å²) in [5.74, 6) is 0.928. The Hall–Kier alpha value is -1.25. The van der Waals surface area contributed by atoms with Crippen molar-refractivity contribution in [1.29, 1.82) is 0 Å². The molecular weight excluding hydrogens is 114 g/mol. The minimum absolute atomic E-state index is 0.886. The van der Waals surface area contributed by atoms with Crippen LogP contribution < -0.4 is 10.6 Å². The molecule has 2 aliphatic heterocycles. The largest absolute Gasteiger partial charge is 0.396 e. The molecule has 3 heteroatoms. The molecular formula is C6H7N3+. The van der Waals surface area contributed by atoms with Gasteiger partial charge in [0, 0.05) is 0 Å². The van der Waals surface area contributed by atoms with Crippen molar-refractivity contribution in [2.75, 3.05) is 6.54 Å². The summed E-state index contributed by atoms with van der Waals surface area (Å²) in [5.41, 5.74) is 0. The van der Waals surface area contributed by atoms with Gasteiger partial charge in [0.2, 0.25) is 0 Å². The first-order valence-electron chi connectivity index (χ1n) is 2.90. The fourth-order valence-corrected chi connectivity index (χ4v) is 0.887. The van der Waals surface area contributed by atoms with E-state index in [1.165, 1.54) is 0 Å². The highest BCUT2D eigenvalue weighted by molar-refractivity contribution is 5.77. The molecule has 1 radical (unpaired) electrons. The van der Waals surface area contributed by atoms with Gasteiger partial charge in [0.15, 0.2) is 0 Å². The zero-order chi connectivity index (χ0) is 6.10. The van der Waals surface area contributed by atoms with Crippen LogP contribution in [0.15, 0.2) is 24.7 Å². The van der Waals surface area contributed by atoms with Crippen LogP contribution >= 0.6 is 0 Å². The van der Waals surface area contributed by atoms with Crippen LogP contribution in [0.2, 0.25) is 0 Å². The van der Waals surface area contributed by atoms with Crippen LogP contribution in [0.4, 0.5) is 0 Å². The van der Waals surface area contributed by atoms with E-state index >= 15 is 0 Å². The number of nitrogens with zero attached hydrogens (tertiary/aromatic N) is 2. The van der Waals surface area contributed by atoms with E-state index in [2.05, 4.69) is 16.7 Å². The molecule has 0 aromatic heterocycles. The second-order valence-corrected chi connectivity index (χ2v) is 1.92. The summed E-state index contributed by atoms with van der Waals surface area (Å²) in [5, 5.41) is 7.17. The van der Waals surface area contributed by atoms with Gasteiger partial charge in [0.25, 0.3) is 0 Å². The molecule has 0 fully saturated rings. The average molecular weight is 121 g/mol. The van der Waals surface area contributed by atoms with E-state index in [0.29, 0.717) is 0 Å². The maximum absolute atomic E-state index is 4.06. The molecule has 2 heterocycles. The predicted octanol–water partition coefficient (Wildman–Crippen LogP) is -0.439. The van der Waals surface area contributed by atoms with Crippen molar-refractivity contribution < 1.29 is 4.58 Å². The maximum Gasteiger partial charge on any atom is 0.396 e. The molecule has 45 valence electrons. The third kappa shape index (κ3) is 0.614. The van der Waals surface area contributed by atoms with E-state index < -0.39 is 0 Å². The molecule has 0 aromatic rings. The normalized spacial score (nSPS) is 21.3. The lowest BCUT2D eigenvalue weighted by atomic mass is 10.5. The van der Waals surface area contributed by atoms with Crippen LogP contribution in [0.25, 0.3) is 0 Å². The van der Waals surface area contributed by atoms with Crippen molar-refractivity contribution in [1.82, 2.24) is 10.6 Å². The van der Waals surface area contributed by atoms with Gasteiger partial charge in [-0.3, -0.25) is 5.32 Å². The third-order valence-electron chi connectivity index (χ3n) is 1.31. The molecule has 0 bridgehead atoms. The Morgan fingerprint density at radius 3 is 3.44 bits per heavy atom. The first-order chi connectivity index (χ1) is 4.47. The Morgan fingerprint density at radius 2 is 2.56 bits per heavy atom. The summed E-state index contributed by atoms with van der Waals surface area (Å²) in [4.78, 5) is 0. The summed E-state index contributed by atoms with van der Waals surface area (Å²) < 4.78 is 1.95. The highest BCUT2D eigenvalue weighted by Gasteiger charge is 2.17. The number of rotatable bonds is 0. The zero-order valence-electron chi connectivity index (χ0n) is 4.91. The number of hydrogen-bond donors (Lipinski definition) is 1. The topological polar surface area (TPSA) is 29.1 Å². The molecule has 0 aliphatic carbocycles. The van der Waals surface area contributed by atoms with Crippen LogP contribution in [-0.2, 0) is 0 Å². The van der Waals surface area contributed by atoms with Crippen LogP contribution in [0.5, 0.6) is 0 Å². The smallest absolute Gasteiger partial charge is 0.270 e. The van der Waals surface area contributed by atoms with Crippen molar-refractivity contribution in [2.24, 2.45) is 0 Å². The van der Waals surface area contributed by atoms with Gasteiger partial charge >= 0.3 is 5.96 Å². The highest BCUT2D eigenvalue weighted by Crippen LogP contribution is 1.93. The van der Waals surface area contributed by atoms with Crippen molar-refractivity contribution in [3.63, 3.8) is 0 Å². The van der Waals surface area contributed by atoms with E-state index in [4.69, 9.17) is 0 Å². The van der Waals surface area contributed by atoms with Gasteiger partial charge < -0.3 is 0 Å². The van der Waals surface area contributed by atoms with E-state index in [1.54, 1.807) is 6.20 Å². The van der Waals surface area contributed by atoms with Crippen LogP contribution in [-0.4, -0.2) is 17.1 Å². The maximum atomic E-state index is 4.06. The van der Waals surface area contributed by atoms with Gasteiger partial charge in [-0.25, -0.2) is 4.58 Å². The van der Waals surface area contributed by atoms with Crippen molar-refractivity contribution >= 4 is 5.96 Å². The van der Waals surface area contributed by atoms with Crippen molar-refractivity contribution in [3.8, 4) is 0 Å². The van der Waals surface area contributed by atoms with Crippen LogP contribution in [0.1, 0.15) is 0 Å². The minimum Gasteiger partial charge on any atom is -0.270 e. The molecule has 0 amide bonds. The molecule has 9 heavy (non-hydrogen) atoms. The zero-order valence-corrected chi connectivity index (χ0v) is 4.91. The van der Waals surface area contributed by atoms with Gasteiger partial charge in [-0.1, -0.05) is 5.32 Å². The second-order valence-electron chi connectivity index (χ2n) is 1.92. The Labute approximate surface area is 53.4 Å². The van der Waals surface area contributed by atoms with Gasteiger partial charge in [-0.05, 0) is 6.08 Å². The summed E-state index contributed by atoms with van der Waals surface area (Å²) in [6, 6.07) is 0. The third-order valence-corrected chi connectivity index (χ3v) is 1.31. The number of guanidine groups is 1. The number of nitrogens with one attached hydrogen (secondary N) is 1. The van der Waals surface area contributed by atoms with Crippen LogP contribution in [0, 0.1) is 0 Å². The van der Waals surface area contributed by atoms with E-state index in [1.807, 2.05) is 17.0 Å². The monoisotopic (exact) mass is 121 g/mol. The van der Waals surface area contributed by atoms with Crippen molar-refractivity contribution in [3.05, 3.63) is 24.7 Å². The molecule has 0 unspecified atom stereocenters. The Kier molecular flexibility index (Phi) is 0.828. The van der Waals surface area contributed by atoms with Gasteiger partial charge in [0.1, 0.15) is 12.4 Å². The molecule has 2 aliphatic rings.